The van der Waals surface area contributed by atoms with Crippen molar-refractivity contribution in [3.63, 3.8) is 0 Å². The number of hydrogen-bond donors (Lipinski definition) is 0. The minimum atomic E-state index is -1.31. The van der Waals surface area contributed by atoms with Gasteiger partial charge in [0.1, 0.15) is 11.7 Å². The first-order valence-corrected chi connectivity index (χ1v) is 3.76. The Morgan fingerprint density at radius 2 is 2.00 bits per heavy atom. The standard InChI is InChI=1S/C10H10O3/c1-13-9(10(11)12)7-8-5-3-2-4-6-8/h2-7H,1H3,(H,11,12)/p-1/b9-7-. The van der Waals surface area contributed by atoms with Gasteiger partial charge in [-0.1, -0.05) is 30.3 Å². The van der Waals surface area contributed by atoms with Crippen LogP contribution in [0.2, 0.25) is 0 Å². The number of benzene rings is 1. The van der Waals surface area contributed by atoms with E-state index in [0.29, 0.717) is 0 Å². The van der Waals surface area contributed by atoms with Crippen molar-refractivity contribution in [2.24, 2.45) is 0 Å². The second-order valence-corrected chi connectivity index (χ2v) is 2.41. The minimum Gasteiger partial charge on any atom is -0.542 e. The van der Waals surface area contributed by atoms with E-state index in [1.54, 1.807) is 12.1 Å². The van der Waals surface area contributed by atoms with Gasteiger partial charge in [0.25, 0.3) is 0 Å². The first kappa shape index (κ1) is 9.32. The van der Waals surface area contributed by atoms with Crippen molar-refractivity contribution in [3.05, 3.63) is 41.7 Å². The van der Waals surface area contributed by atoms with Crippen LogP contribution in [0, 0.1) is 0 Å². The van der Waals surface area contributed by atoms with Gasteiger partial charge in [0.05, 0.1) is 7.11 Å². The summed E-state index contributed by atoms with van der Waals surface area (Å²) in [6.07, 6.45) is 1.41. The highest BCUT2D eigenvalue weighted by molar-refractivity contribution is 5.88. The van der Waals surface area contributed by atoms with Gasteiger partial charge in [-0.05, 0) is 11.6 Å². The molecule has 0 heterocycles. The zero-order valence-corrected chi connectivity index (χ0v) is 7.19. The van der Waals surface area contributed by atoms with Crippen LogP contribution in [0.25, 0.3) is 6.08 Å². The third kappa shape index (κ3) is 2.63. The minimum absolute atomic E-state index is 0.175. The van der Waals surface area contributed by atoms with Crippen molar-refractivity contribution >= 4 is 12.0 Å². The Labute approximate surface area is 76.3 Å². The molecule has 0 aliphatic carbocycles. The van der Waals surface area contributed by atoms with E-state index in [4.69, 9.17) is 0 Å². The molecule has 0 spiro atoms. The summed E-state index contributed by atoms with van der Waals surface area (Å²) in [4.78, 5) is 10.4. The summed E-state index contributed by atoms with van der Waals surface area (Å²) >= 11 is 0. The Morgan fingerprint density at radius 3 is 2.46 bits per heavy atom. The Balaban J connectivity index is 2.92. The zero-order valence-electron chi connectivity index (χ0n) is 7.19. The van der Waals surface area contributed by atoms with Gasteiger partial charge in [0.2, 0.25) is 0 Å². The zero-order chi connectivity index (χ0) is 9.68. The topological polar surface area (TPSA) is 49.4 Å². The number of carbonyl (C=O) groups excluding carboxylic acids is 1. The van der Waals surface area contributed by atoms with Crippen LogP contribution in [-0.2, 0) is 9.53 Å². The molecule has 3 nitrogen and oxygen atoms in total. The Morgan fingerprint density at radius 1 is 1.38 bits per heavy atom. The molecule has 68 valence electrons. The number of aliphatic carboxylic acids is 1. The van der Waals surface area contributed by atoms with Crippen molar-refractivity contribution < 1.29 is 14.6 Å². The van der Waals surface area contributed by atoms with Crippen molar-refractivity contribution in [1.29, 1.82) is 0 Å². The second kappa shape index (κ2) is 4.30. The van der Waals surface area contributed by atoms with Gasteiger partial charge in [-0.2, -0.15) is 0 Å². The van der Waals surface area contributed by atoms with Gasteiger partial charge in [-0.3, -0.25) is 0 Å². The van der Waals surface area contributed by atoms with Gasteiger partial charge in [0, 0.05) is 0 Å². The predicted octanol–water partition coefficient (Wildman–Crippen LogP) is 0.424. The highest BCUT2D eigenvalue weighted by Gasteiger charge is 1.96. The Hall–Kier alpha value is -1.77. The van der Waals surface area contributed by atoms with Crippen molar-refractivity contribution in [3.8, 4) is 0 Å². The lowest BCUT2D eigenvalue weighted by Crippen LogP contribution is -2.25. The van der Waals surface area contributed by atoms with Crippen LogP contribution in [0.15, 0.2) is 36.1 Å². The summed E-state index contributed by atoms with van der Waals surface area (Å²) in [5.74, 6) is -1.49. The maximum absolute atomic E-state index is 10.4. The molecule has 3 heteroatoms. The third-order valence-corrected chi connectivity index (χ3v) is 1.52. The van der Waals surface area contributed by atoms with Crippen molar-refractivity contribution in [2.45, 2.75) is 0 Å². The lowest BCUT2D eigenvalue weighted by molar-refractivity contribution is -0.302. The number of carboxylic acid groups (broad SMARTS) is 1. The fourth-order valence-electron chi connectivity index (χ4n) is 0.902. The quantitative estimate of drug-likeness (QED) is 0.496. The molecule has 0 aromatic heterocycles. The third-order valence-electron chi connectivity index (χ3n) is 1.52. The molecule has 1 aromatic carbocycles. The molecule has 0 saturated carbocycles. The summed E-state index contributed by atoms with van der Waals surface area (Å²) in [7, 11) is 1.30. The highest BCUT2D eigenvalue weighted by Crippen LogP contribution is 2.05. The van der Waals surface area contributed by atoms with Crippen molar-refractivity contribution in [1.82, 2.24) is 0 Å². The van der Waals surface area contributed by atoms with E-state index in [9.17, 15) is 9.90 Å². The smallest absolute Gasteiger partial charge is 0.142 e. The van der Waals surface area contributed by atoms with Crippen LogP contribution in [-0.4, -0.2) is 13.1 Å². The van der Waals surface area contributed by atoms with Crippen LogP contribution < -0.4 is 5.11 Å². The molecule has 0 unspecified atom stereocenters. The van der Waals surface area contributed by atoms with Crippen LogP contribution >= 0.6 is 0 Å². The molecule has 13 heavy (non-hydrogen) atoms. The average molecular weight is 177 g/mol. The molecular weight excluding hydrogens is 168 g/mol. The van der Waals surface area contributed by atoms with E-state index in [0.717, 1.165) is 5.56 Å². The molecule has 0 N–H and O–H groups in total. The first-order chi connectivity index (χ1) is 6.24. The van der Waals surface area contributed by atoms with E-state index in [2.05, 4.69) is 4.74 Å². The maximum Gasteiger partial charge on any atom is 0.142 e. The van der Waals surface area contributed by atoms with Crippen LogP contribution in [0.5, 0.6) is 0 Å². The average Bonchev–Trinajstić information content (AvgIpc) is 2.15. The number of hydrogen-bond acceptors (Lipinski definition) is 3. The molecular formula is C10H9O3-. The van der Waals surface area contributed by atoms with Gasteiger partial charge in [-0.15, -0.1) is 0 Å². The molecule has 1 rings (SSSR count). The number of rotatable bonds is 3. The maximum atomic E-state index is 10.4. The lowest BCUT2D eigenvalue weighted by Gasteiger charge is -2.05. The van der Waals surface area contributed by atoms with E-state index in [-0.39, 0.29) is 5.76 Å². The van der Waals surface area contributed by atoms with E-state index >= 15 is 0 Å². The largest absolute Gasteiger partial charge is 0.542 e. The number of methoxy groups -OCH3 is 1. The summed E-state index contributed by atoms with van der Waals surface area (Å²) in [6.45, 7) is 0. The molecule has 0 fully saturated rings. The Bertz CT molecular complexity index is 314. The highest BCUT2D eigenvalue weighted by atomic mass is 16.5. The van der Waals surface area contributed by atoms with Crippen LogP contribution in [0.4, 0.5) is 0 Å². The number of carboxylic acids is 1. The molecule has 0 amide bonds. The van der Waals surface area contributed by atoms with Crippen LogP contribution in [0.3, 0.4) is 0 Å². The molecule has 0 aliphatic rings. The number of ether oxygens (including phenoxy) is 1. The van der Waals surface area contributed by atoms with E-state index in [1.807, 2.05) is 18.2 Å². The lowest BCUT2D eigenvalue weighted by atomic mass is 10.2. The SMILES string of the molecule is CO/C(=C\c1ccccc1)C(=O)[O-]. The second-order valence-electron chi connectivity index (χ2n) is 2.41. The monoisotopic (exact) mass is 177 g/mol. The summed E-state index contributed by atoms with van der Waals surface area (Å²) < 4.78 is 4.61. The summed E-state index contributed by atoms with van der Waals surface area (Å²) in [6, 6.07) is 9.04. The molecule has 1 aromatic rings. The molecule has 0 saturated heterocycles. The van der Waals surface area contributed by atoms with Gasteiger partial charge in [0.15, 0.2) is 0 Å². The van der Waals surface area contributed by atoms with Gasteiger partial charge < -0.3 is 14.6 Å². The van der Waals surface area contributed by atoms with Crippen molar-refractivity contribution in [2.75, 3.05) is 7.11 Å². The summed E-state index contributed by atoms with van der Waals surface area (Å²) in [5, 5.41) is 10.4. The summed E-state index contributed by atoms with van der Waals surface area (Å²) in [5.41, 5.74) is 0.767. The number of carbonyl (C=O) groups is 1. The molecule has 0 bridgehead atoms. The predicted molar refractivity (Wildman–Crippen MR) is 46.4 cm³/mol. The van der Waals surface area contributed by atoms with E-state index in [1.165, 1.54) is 13.2 Å². The van der Waals surface area contributed by atoms with E-state index < -0.39 is 5.97 Å². The van der Waals surface area contributed by atoms with Crippen LogP contribution in [0.1, 0.15) is 5.56 Å². The first-order valence-electron chi connectivity index (χ1n) is 3.76. The Kier molecular flexibility index (Phi) is 3.09. The normalized spacial score (nSPS) is 11.0. The molecule has 0 atom stereocenters. The van der Waals surface area contributed by atoms with Gasteiger partial charge >= 0.3 is 0 Å². The fraction of sp³-hybridized carbons (Fsp3) is 0.100. The molecule has 0 aliphatic heterocycles. The fourth-order valence-corrected chi connectivity index (χ4v) is 0.902. The molecule has 0 radical (unpaired) electrons. The van der Waals surface area contributed by atoms with Gasteiger partial charge in [-0.25, -0.2) is 0 Å².